The van der Waals surface area contributed by atoms with Gasteiger partial charge in [-0.1, -0.05) is 0 Å². The number of nitrogens with zero attached hydrogens (tertiary/aromatic N) is 7. The number of carbonyl (C=O) groups excluding carboxylic acids is 1. The van der Waals surface area contributed by atoms with Gasteiger partial charge in [-0.15, -0.1) is 10.2 Å². The predicted octanol–water partition coefficient (Wildman–Crippen LogP) is 2.33. The molecule has 0 aromatic carbocycles. The molecule has 10 heteroatoms. The zero-order chi connectivity index (χ0) is 20.7. The Morgan fingerprint density at radius 3 is 2.97 bits per heavy atom. The zero-order valence-corrected chi connectivity index (χ0v) is 16.6. The number of esters is 1. The van der Waals surface area contributed by atoms with Crippen LogP contribution in [0, 0.1) is 5.92 Å². The van der Waals surface area contributed by atoms with Gasteiger partial charge in [0.05, 0.1) is 24.4 Å². The van der Waals surface area contributed by atoms with Crippen LogP contribution in [0.4, 0.5) is 11.8 Å². The van der Waals surface area contributed by atoms with Gasteiger partial charge in [-0.25, -0.2) is 9.97 Å². The molecule has 0 saturated heterocycles. The van der Waals surface area contributed by atoms with Crippen LogP contribution in [-0.4, -0.2) is 46.9 Å². The van der Waals surface area contributed by atoms with Crippen molar-refractivity contribution in [3.8, 4) is 11.3 Å². The number of ether oxygens (including phenoxy) is 1. The molecule has 1 fully saturated rings. The second kappa shape index (κ2) is 7.21. The van der Waals surface area contributed by atoms with Crippen LogP contribution >= 0.6 is 0 Å². The molecule has 5 rings (SSSR count). The first-order valence-corrected chi connectivity index (χ1v) is 9.74. The minimum Gasteiger partial charge on any atom is -0.466 e. The molecule has 0 bridgehead atoms. The summed E-state index contributed by atoms with van der Waals surface area (Å²) in [6, 6.07) is 7.57. The van der Waals surface area contributed by atoms with Crippen molar-refractivity contribution in [1.29, 1.82) is 0 Å². The van der Waals surface area contributed by atoms with Crippen LogP contribution < -0.4 is 5.32 Å². The number of fused-ring (bicyclic) bond motifs is 1. The summed E-state index contributed by atoms with van der Waals surface area (Å²) < 4.78 is 8.75. The molecular formula is C20H20N8O2. The second-order valence-electron chi connectivity index (χ2n) is 7.13. The Morgan fingerprint density at radius 2 is 2.17 bits per heavy atom. The van der Waals surface area contributed by atoms with E-state index in [1.54, 1.807) is 17.1 Å². The minimum atomic E-state index is -0.162. The van der Waals surface area contributed by atoms with Gasteiger partial charge in [0.1, 0.15) is 11.6 Å². The quantitative estimate of drug-likeness (QED) is 0.487. The van der Waals surface area contributed by atoms with Crippen molar-refractivity contribution in [2.24, 2.45) is 13.0 Å². The Labute approximate surface area is 171 Å². The standard InChI is InChI=1S/C20H20N8O2/c1-3-30-19(29)14-11-13(14)18-26-25-17-10-12(6-9-28(17)18)15-4-7-21-20(23-15)24-16-5-8-22-27(16)2/h4-10,13-14H,3,11H2,1-2H3,(H,21,23,24)/t13?,14-/m1/s1. The van der Waals surface area contributed by atoms with Crippen molar-refractivity contribution < 1.29 is 9.53 Å². The number of anilines is 2. The first-order chi connectivity index (χ1) is 14.6. The monoisotopic (exact) mass is 404 g/mol. The normalized spacial score (nSPS) is 17.8. The van der Waals surface area contributed by atoms with E-state index in [9.17, 15) is 4.79 Å². The summed E-state index contributed by atoms with van der Waals surface area (Å²) in [6.45, 7) is 2.20. The fourth-order valence-corrected chi connectivity index (χ4v) is 3.50. The first kappa shape index (κ1) is 18.2. The highest BCUT2D eigenvalue weighted by atomic mass is 16.5. The van der Waals surface area contributed by atoms with E-state index in [0.717, 1.165) is 29.3 Å². The maximum atomic E-state index is 11.9. The third-order valence-corrected chi connectivity index (χ3v) is 5.16. The number of nitrogens with one attached hydrogen (secondary N) is 1. The first-order valence-electron chi connectivity index (χ1n) is 9.74. The van der Waals surface area contributed by atoms with E-state index in [2.05, 4.69) is 30.6 Å². The third-order valence-electron chi connectivity index (χ3n) is 5.16. The van der Waals surface area contributed by atoms with Gasteiger partial charge in [0.25, 0.3) is 0 Å². The molecular weight excluding hydrogens is 384 g/mol. The van der Waals surface area contributed by atoms with Crippen LogP contribution in [-0.2, 0) is 16.6 Å². The van der Waals surface area contributed by atoms with Crippen molar-refractivity contribution in [2.45, 2.75) is 19.3 Å². The summed E-state index contributed by atoms with van der Waals surface area (Å²) in [5, 5.41) is 15.9. The Hall–Kier alpha value is -3.82. The Kier molecular flexibility index (Phi) is 4.38. The molecule has 1 aliphatic rings. The molecule has 0 amide bonds. The predicted molar refractivity (Wildman–Crippen MR) is 108 cm³/mol. The van der Waals surface area contributed by atoms with Crippen molar-refractivity contribution in [1.82, 2.24) is 34.3 Å². The molecule has 10 nitrogen and oxygen atoms in total. The molecule has 4 aromatic rings. The van der Waals surface area contributed by atoms with Crippen LogP contribution in [0.1, 0.15) is 25.1 Å². The van der Waals surface area contributed by atoms with Crippen LogP contribution in [0.2, 0.25) is 0 Å². The number of aromatic nitrogens is 7. The highest BCUT2D eigenvalue weighted by Gasteiger charge is 2.48. The van der Waals surface area contributed by atoms with Gasteiger partial charge in [0.15, 0.2) is 5.65 Å². The van der Waals surface area contributed by atoms with Crippen molar-refractivity contribution in [2.75, 3.05) is 11.9 Å². The van der Waals surface area contributed by atoms with Gasteiger partial charge < -0.3 is 10.1 Å². The summed E-state index contributed by atoms with van der Waals surface area (Å²) in [7, 11) is 1.84. The zero-order valence-electron chi connectivity index (χ0n) is 16.6. The van der Waals surface area contributed by atoms with Crippen molar-refractivity contribution >= 4 is 23.4 Å². The van der Waals surface area contributed by atoms with E-state index in [1.165, 1.54) is 0 Å². The number of carbonyl (C=O) groups is 1. The van der Waals surface area contributed by atoms with Gasteiger partial charge in [0.2, 0.25) is 5.95 Å². The molecule has 1 unspecified atom stereocenters. The minimum absolute atomic E-state index is 0.0543. The van der Waals surface area contributed by atoms with Gasteiger partial charge in [-0.05, 0) is 31.5 Å². The molecule has 1 N–H and O–H groups in total. The average Bonchev–Trinajstić information content (AvgIpc) is 3.28. The number of hydrogen-bond acceptors (Lipinski definition) is 8. The lowest BCUT2D eigenvalue weighted by Gasteiger charge is -2.07. The van der Waals surface area contributed by atoms with Crippen LogP contribution in [0.5, 0.6) is 0 Å². The fourth-order valence-electron chi connectivity index (χ4n) is 3.50. The SMILES string of the molecule is CCOC(=O)[C@@H]1CC1c1nnc2cc(-c3ccnc(Nc4ccnn4C)n3)ccn12. The molecule has 1 saturated carbocycles. The number of hydrogen-bond donors (Lipinski definition) is 1. The molecule has 0 aliphatic heterocycles. The summed E-state index contributed by atoms with van der Waals surface area (Å²) in [5.41, 5.74) is 2.36. The van der Waals surface area contributed by atoms with Crippen LogP contribution in [0.15, 0.2) is 42.9 Å². The van der Waals surface area contributed by atoms with E-state index in [4.69, 9.17) is 4.74 Å². The van der Waals surface area contributed by atoms with Gasteiger partial charge in [0, 0.05) is 37.0 Å². The smallest absolute Gasteiger partial charge is 0.309 e. The van der Waals surface area contributed by atoms with Gasteiger partial charge in [-0.2, -0.15) is 5.10 Å². The molecule has 4 heterocycles. The van der Waals surface area contributed by atoms with Crippen molar-refractivity contribution in [3.05, 3.63) is 48.7 Å². The topological polar surface area (TPSA) is 112 Å². The molecule has 2 atom stereocenters. The summed E-state index contributed by atoms with van der Waals surface area (Å²) in [5.74, 6) is 1.83. The lowest BCUT2D eigenvalue weighted by Crippen LogP contribution is -2.08. The molecule has 30 heavy (non-hydrogen) atoms. The van der Waals surface area contributed by atoms with Gasteiger partial charge >= 0.3 is 5.97 Å². The van der Waals surface area contributed by atoms with Crippen molar-refractivity contribution in [3.63, 3.8) is 0 Å². The van der Waals surface area contributed by atoms with E-state index < -0.39 is 0 Å². The lowest BCUT2D eigenvalue weighted by atomic mass is 10.2. The summed E-state index contributed by atoms with van der Waals surface area (Å²) in [6.07, 6.45) is 6.07. The number of aryl methyl sites for hydroxylation is 1. The Morgan fingerprint density at radius 1 is 1.27 bits per heavy atom. The summed E-state index contributed by atoms with van der Waals surface area (Å²) >= 11 is 0. The van der Waals surface area contributed by atoms with Crippen LogP contribution in [0.3, 0.4) is 0 Å². The second-order valence-corrected chi connectivity index (χ2v) is 7.13. The summed E-state index contributed by atoms with van der Waals surface area (Å²) in [4.78, 5) is 20.8. The molecule has 1 aliphatic carbocycles. The fraction of sp³-hybridized carbons (Fsp3) is 0.300. The average molecular weight is 404 g/mol. The highest BCUT2D eigenvalue weighted by molar-refractivity contribution is 5.77. The Bertz CT molecular complexity index is 1230. The van der Waals surface area contributed by atoms with Gasteiger partial charge in [-0.3, -0.25) is 13.9 Å². The molecule has 0 radical (unpaired) electrons. The highest BCUT2D eigenvalue weighted by Crippen LogP contribution is 2.47. The largest absolute Gasteiger partial charge is 0.466 e. The Balaban J connectivity index is 1.39. The van der Waals surface area contributed by atoms with E-state index in [-0.39, 0.29) is 17.8 Å². The molecule has 152 valence electrons. The maximum absolute atomic E-state index is 11.9. The molecule has 0 spiro atoms. The lowest BCUT2D eigenvalue weighted by molar-refractivity contribution is -0.144. The third kappa shape index (κ3) is 3.25. The number of rotatable bonds is 6. The molecule has 4 aromatic heterocycles. The van der Waals surface area contributed by atoms with E-state index in [1.807, 2.05) is 48.8 Å². The van der Waals surface area contributed by atoms with E-state index in [0.29, 0.717) is 18.2 Å². The number of pyridine rings is 1. The van der Waals surface area contributed by atoms with Crippen LogP contribution in [0.25, 0.3) is 16.9 Å². The maximum Gasteiger partial charge on any atom is 0.309 e. The van der Waals surface area contributed by atoms with E-state index >= 15 is 0 Å².